The van der Waals surface area contributed by atoms with Crippen molar-refractivity contribution in [3.05, 3.63) is 48.4 Å². The minimum atomic E-state index is -0.301. The summed E-state index contributed by atoms with van der Waals surface area (Å²) >= 11 is 0. The molecule has 1 aromatic carbocycles. The number of aromatic nitrogens is 1. The van der Waals surface area contributed by atoms with Gasteiger partial charge in [0.15, 0.2) is 0 Å². The molecule has 0 saturated heterocycles. The molecule has 0 saturated carbocycles. The lowest BCUT2D eigenvalue weighted by atomic mass is 10.1. The lowest BCUT2D eigenvalue weighted by Gasteiger charge is -2.01. The van der Waals surface area contributed by atoms with E-state index in [9.17, 15) is 9.18 Å². The molecule has 0 unspecified atom stereocenters. The van der Waals surface area contributed by atoms with Gasteiger partial charge in [-0.3, -0.25) is 4.79 Å². The molecule has 0 radical (unpaired) electrons. The molecule has 1 amide bonds. The molecule has 2 rings (SSSR count). The zero-order valence-corrected chi connectivity index (χ0v) is 9.29. The van der Waals surface area contributed by atoms with Crippen molar-refractivity contribution in [2.75, 3.05) is 6.54 Å². The highest BCUT2D eigenvalue weighted by Crippen LogP contribution is 2.19. The molecule has 0 bridgehead atoms. The highest BCUT2D eigenvalue weighted by atomic mass is 19.1. The highest BCUT2D eigenvalue weighted by molar-refractivity contribution is 5.88. The molecule has 88 valence electrons. The number of H-pyrrole nitrogens is 1. The SMILES string of the molecule is C=CCNC(=O)Cc1c[nH]c2ccc(F)cc12. The summed E-state index contributed by atoms with van der Waals surface area (Å²) < 4.78 is 13.1. The number of carbonyl (C=O) groups is 1. The first kappa shape index (κ1) is 11.4. The fourth-order valence-electron chi connectivity index (χ4n) is 1.72. The average Bonchev–Trinajstić information content (AvgIpc) is 2.69. The van der Waals surface area contributed by atoms with Crippen LogP contribution in [0.1, 0.15) is 5.56 Å². The minimum absolute atomic E-state index is 0.102. The number of nitrogens with one attached hydrogen (secondary N) is 2. The van der Waals surface area contributed by atoms with Gasteiger partial charge in [-0.05, 0) is 23.8 Å². The van der Waals surface area contributed by atoms with E-state index in [0.29, 0.717) is 6.54 Å². The van der Waals surface area contributed by atoms with Gasteiger partial charge in [-0.2, -0.15) is 0 Å². The van der Waals surface area contributed by atoms with Crippen LogP contribution < -0.4 is 5.32 Å². The molecule has 17 heavy (non-hydrogen) atoms. The molecule has 0 spiro atoms. The van der Waals surface area contributed by atoms with E-state index < -0.39 is 0 Å². The Balaban J connectivity index is 2.21. The van der Waals surface area contributed by atoms with Crippen LogP contribution in [0, 0.1) is 5.82 Å². The van der Waals surface area contributed by atoms with Crippen LogP contribution >= 0.6 is 0 Å². The fourth-order valence-corrected chi connectivity index (χ4v) is 1.72. The average molecular weight is 232 g/mol. The van der Waals surface area contributed by atoms with Gasteiger partial charge in [-0.25, -0.2) is 4.39 Å². The topological polar surface area (TPSA) is 44.9 Å². The molecule has 1 aromatic heterocycles. The van der Waals surface area contributed by atoms with Gasteiger partial charge >= 0.3 is 0 Å². The molecule has 3 nitrogen and oxygen atoms in total. The van der Waals surface area contributed by atoms with Crippen molar-refractivity contribution in [1.82, 2.24) is 10.3 Å². The predicted molar refractivity (Wildman–Crippen MR) is 65.2 cm³/mol. The van der Waals surface area contributed by atoms with E-state index in [4.69, 9.17) is 0 Å². The lowest BCUT2D eigenvalue weighted by molar-refractivity contribution is -0.120. The number of aromatic amines is 1. The van der Waals surface area contributed by atoms with Gasteiger partial charge in [0, 0.05) is 23.6 Å². The number of hydrogen-bond acceptors (Lipinski definition) is 1. The Hall–Kier alpha value is -2.10. The van der Waals surface area contributed by atoms with E-state index >= 15 is 0 Å². The Morgan fingerprint density at radius 2 is 2.35 bits per heavy atom. The monoisotopic (exact) mass is 232 g/mol. The first-order valence-corrected chi connectivity index (χ1v) is 5.34. The van der Waals surface area contributed by atoms with Gasteiger partial charge in [0.1, 0.15) is 5.82 Å². The Kier molecular flexibility index (Phi) is 3.23. The van der Waals surface area contributed by atoms with Crippen molar-refractivity contribution in [2.24, 2.45) is 0 Å². The van der Waals surface area contributed by atoms with Crippen LogP contribution in [0.5, 0.6) is 0 Å². The largest absolute Gasteiger partial charge is 0.361 e. The van der Waals surface area contributed by atoms with Gasteiger partial charge in [-0.1, -0.05) is 6.08 Å². The van der Waals surface area contributed by atoms with Crippen molar-refractivity contribution in [3.8, 4) is 0 Å². The quantitative estimate of drug-likeness (QED) is 0.779. The van der Waals surface area contributed by atoms with Gasteiger partial charge in [0.05, 0.1) is 6.42 Å². The van der Waals surface area contributed by atoms with E-state index in [2.05, 4.69) is 16.9 Å². The lowest BCUT2D eigenvalue weighted by Crippen LogP contribution is -2.24. The number of fused-ring (bicyclic) bond motifs is 1. The second-order valence-electron chi connectivity index (χ2n) is 3.77. The Morgan fingerprint density at radius 1 is 1.53 bits per heavy atom. The summed E-state index contributed by atoms with van der Waals surface area (Å²) in [5.74, 6) is -0.403. The first-order chi connectivity index (χ1) is 8.20. The standard InChI is InChI=1S/C13H13FN2O/c1-2-5-15-13(17)6-9-8-16-12-4-3-10(14)7-11(9)12/h2-4,7-8,16H,1,5-6H2,(H,15,17). The number of rotatable bonds is 4. The highest BCUT2D eigenvalue weighted by Gasteiger charge is 2.08. The van der Waals surface area contributed by atoms with Crippen molar-refractivity contribution in [3.63, 3.8) is 0 Å². The number of halogens is 1. The van der Waals surface area contributed by atoms with Gasteiger partial charge in [-0.15, -0.1) is 6.58 Å². The zero-order chi connectivity index (χ0) is 12.3. The second-order valence-corrected chi connectivity index (χ2v) is 3.77. The minimum Gasteiger partial charge on any atom is -0.361 e. The van der Waals surface area contributed by atoms with Crippen molar-refractivity contribution < 1.29 is 9.18 Å². The van der Waals surface area contributed by atoms with Gasteiger partial charge < -0.3 is 10.3 Å². The van der Waals surface area contributed by atoms with Crippen LogP contribution in [0.15, 0.2) is 37.1 Å². The summed E-state index contributed by atoms with van der Waals surface area (Å²) in [5.41, 5.74) is 1.62. The maximum Gasteiger partial charge on any atom is 0.224 e. The van der Waals surface area contributed by atoms with E-state index in [1.54, 1.807) is 18.3 Å². The molecule has 0 atom stereocenters. The Bertz CT molecular complexity index is 560. The van der Waals surface area contributed by atoms with Crippen LogP contribution in [0.2, 0.25) is 0 Å². The second kappa shape index (κ2) is 4.82. The normalized spacial score (nSPS) is 10.4. The number of carbonyl (C=O) groups excluding carboxylic acids is 1. The Morgan fingerprint density at radius 3 is 3.12 bits per heavy atom. The molecule has 2 N–H and O–H groups in total. The van der Waals surface area contributed by atoms with Crippen molar-refractivity contribution >= 4 is 16.8 Å². The fraction of sp³-hybridized carbons (Fsp3) is 0.154. The third-order valence-electron chi connectivity index (χ3n) is 2.52. The zero-order valence-electron chi connectivity index (χ0n) is 9.29. The van der Waals surface area contributed by atoms with Gasteiger partial charge in [0.25, 0.3) is 0 Å². The summed E-state index contributed by atoms with van der Waals surface area (Å²) in [6, 6.07) is 4.48. The maximum absolute atomic E-state index is 13.1. The Labute approximate surface area is 98.3 Å². The molecular formula is C13H13FN2O. The number of benzene rings is 1. The van der Waals surface area contributed by atoms with E-state index in [0.717, 1.165) is 16.5 Å². The van der Waals surface area contributed by atoms with Crippen molar-refractivity contribution in [2.45, 2.75) is 6.42 Å². The van der Waals surface area contributed by atoms with E-state index in [1.165, 1.54) is 12.1 Å². The molecule has 0 aliphatic heterocycles. The summed E-state index contributed by atoms with van der Waals surface area (Å²) in [7, 11) is 0. The third-order valence-corrected chi connectivity index (χ3v) is 2.52. The molecule has 1 heterocycles. The molecule has 0 aliphatic carbocycles. The van der Waals surface area contributed by atoms with Crippen LogP contribution in [0.25, 0.3) is 10.9 Å². The van der Waals surface area contributed by atoms with Crippen LogP contribution in [-0.4, -0.2) is 17.4 Å². The van der Waals surface area contributed by atoms with Crippen LogP contribution in [0.4, 0.5) is 4.39 Å². The number of amides is 1. The first-order valence-electron chi connectivity index (χ1n) is 5.34. The molecule has 4 heteroatoms. The van der Waals surface area contributed by atoms with Gasteiger partial charge in [0.2, 0.25) is 5.91 Å². The summed E-state index contributed by atoms with van der Waals surface area (Å²) in [6.45, 7) is 3.96. The number of hydrogen-bond donors (Lipinski definition) is 2. The summed E-state index contributed by atoms with van der Waals surface area (Å²) in [4.78, 5) is 14.5. The predicted octanol–water partition coefficient (Wildman–Crippen LogP) is 2.15. The van der Waals surface area contributed by atoms with Crippen LogP contribution in [0.3, 0.4) is 0 Å². The summed E-state index contributed by atoms with van der Waals surface area (Å²) in [5, 5.41) is 3.43. The maximum atomic E-state index is 13.1. The van der Waals surface area contributed by atoms with Crippen molar-refractivity contribution in [1.29, 1.82) is 0 Å². The molecule has 0 fully saturated rings. The smallest absolute Gasteiger partial charge is 0.224 e. The molecule has 2 aromatic rings. The molecule has 0 aliphatic rings. The van der Waals surface area contributed by atoms with E-state index in [-0.39, 0.29) is 18.1 Å². The molecular weight excluding hydrogens is 219 g/mol. The summed E-state index contributed by atoms with van der Waals surface area (Å²) in [6.07, 6.45) is 3.59. The van der Waals surface area contributed by atoms with Crippen LogP contribution in [-0.2, 0) is 11.2 Å². The third kappa shape index (κ3) is 2.53. The van der Waals surface area contributed by atoms with E-state index in [1.807, 2.05) is 0 Å².